The minimum Gasteiger partial charge on any atom is -0.339 e. The summed E-state index contributed by atoms with van der Waals surface area (Å²) in [5.74, 6) is 0.607. The van der Waals surface area contributed by atoms with Crippen LogP contribution in [0.3, 0.4) is 0 Å². The normalized spacial score (nSPS) is 18.2. The van der Waals surface area contributed by atoms with E-state index >= 15 is 0 Å². The van der Waals surface area contributed by atoms with Gasteiger partial charge < -0.3 is 4.90 Å². The molecule has 0 bridgehead atoms. The number of aryl methyl sites for hydroxylation is 1. The van der Waals surface area contributed by atoms with Crippen molar-refractivity contribution >= 4 is 17.7 Å². The van der Waals surface area contributed by atoms with Crippen molar-refractivity contribution in [2.24, 2.45) is 0 Å². The first-order chi connectivity index (χ1) is 11.2. The maximum absolute atomic E-state index is 12.5. The van der Waals surface area contributed by atoms with Gasteiger partial charge in [0.15, 0.2) is 5.16 Å². The Labute approximate surface area is 141 Å². The summed E-state index contributed by atoms with van der Waals surface area (Å²) < 4.78 is 1.95. The Morgan fingerprint density at radius 1 is 1.35 bits per heavy atom. The largest absolute Gasteiger partial charge is 0.339 e. The molecule has 1 aromatic heterocycles. The van der Waals surface area contributed by atoms with E-state index in [1.54, 1.807) is 6.33 Å². The van der Waals surface area contributed by atoms with Crippen LogP contribution in [-0.2, 0) is 4.79 Å². The summed E-state index contributed by atoms with van der Waals surface area (Å²) in [6.45, 7) is 5.08. The van der Waals surface area contributed by atoms with E-state index in [9.17, 15) is 4.79 Å². The zero-order valence-electron chi connectivity index (χ0n) is 13.6. The predicted molar refractivity (Wildman–Crippen MR) is 91.8 cm³/mol. The average molecular weight is 330 g/mol. The molecule has 3 rings (SSSR count). The second-order valence-electron chi connectivity index (χ2n) is 5.99. The maximum atomic E-state index is 12.5. The van der Waals surface area contributed by atoms with Crippen molar-refractivity contribution in [3.05, 3.63) is 36.2 Å². The smallest absolute Gasteiger partial charge is 0.233 e. The summed E-state index contributed by atoms with van der Waals surface area (Å²) in [4.78, 5) is 14.5. The molecular formula is C17H22N4OS. The molecule has 0 radical (unpaired) electrons. The molecule has 0 spiro atoms. The summed E-state index contributed by atoms with van der Waals surface area (Å²) in [7, 11) is 0. The lowest BCUT2D eigenvalue weighted by atomic mass is 10.0. The van der Waals surface area contributed by atoms with Gasteiger partial charge in [0, 0.05) is 12.6 Å². The topological polar surface area (TPSA) is 51.0 Å². The molecule has 0 unspecified atom stereocenters. The molecule has 1 amide bonds. The van der Waals surface area contributed by atoms with Gasteiger partial charge in [-0.2, -0.15) is 0 Å². The number of carbonyl (C=O) groups is 1. The zero-order valence-corrected chi connectivity index (χ0v) is 14.4. The van der Waals surface area contributed by atoms with E-state index in [0.717, 1.165) is 35.8 Å². The number of likely N-dealkylation sites (tertiary alicyclic amines) is 1. The van der Waals surface area contributed by atoms with Crippen LogP contribution in [0.25, 0.3) is 5.69 Å². The highest BCUT2D eigenvalue weighted by Crippen LogP contribution is 2.23. The quantitative estimate of drug-likeness (QED) is 0.809. The molecule has 122 valence electrons. The summed E-state index contributed by atoms with van der Waals surface area (Å²) in [5, 5.41) is 8.95. The number of piperidine rings is 1. The molecule has 1 fully saturated rings. The van der Waals surface area contributed by atoms with Crippen LogP contribution in [-0.4, -0.2) is 43.9 Å². The highest BCUT2D eigenvalue weighted by Gasteiger charge is 2.23. The van der Waals surface area contributed by atoms with Crippen LogP contribution in [0.1, 0.15) is 31.7 Å². The lowest BCUT2D eigenvalue weighted by Gasteiger charge is -2.33. The third kappa shape index (κ3) is 3.58. The Morgan fingerprint density at radius 3 is 2.96 bits per heavy atom. The number of carbonyl (C=O) groups excluding carboxylic acids is 1. The molecule has 1 atom stereocenters. The van der Waals surface area contributed by atoms with E-state index < -0.39 is 0 Å². The van der Waals surface area contributed by atoms with Gasteiger partial charge >= 0.3 is 0 Å². The average Bonchev–Trinajstić information content (AvgIpc) is 3.02. The molecule has 2 aromatic rings. The Hall–Kier alpha value is -1.82. The van der Waals surface area contributed by atoms with Gasteiger partial charge in [0.25, 0.3) is 0 Å². The first kappa shape index (κ1) is 16.1. The molecule has 1 aliphatic heterocycles. The van der Waals surface area contributed by atoms with E-state index in [1.807, 2.05) is 27.7 Å². The van der Waals surface area contributed by atoms with Gasteiger partial charge in [-0.1, -0.05) is 30.0 Å². The van der Waals surface area contributed by atoms with Gasteiger partial charge in [0.2, 0.25) is 5.91 Å². The highest BCUT2D eigenvalue weighted by molar-refractivity contribution is 7.99. The predicted octanol–water partition coefficient (Wildman–Crippen LogP) is 3.07. The minimum atomic E-state index is 0.196. The lowest BCUT2D eigenvalue weighted by molar-refractivity contribution is -0.131. The molecule has 1 aromatic carbocycles. The van der Waals surface area contributed by atoms with Crippen molar-refractivity contribution in [3.63, 3.8) is 0 Å². The molecule has 1 aliphatic rings. The zero-order chi connectivity index (χ0) is 16.2. The van der Waals surface area contributed by atoms with E-state index in [-0.39, 0.29) is 5.91 Å². The fourth-order valence-electron chi connectivity index (χ4n) is 3.00. The second-order valence-corrected chi connectivity index (χ2v) is 6.93. The molecule has 0 aliphatic carbocycles. The van der Waals surface area contributed by atoms with Crippen molar-refractivity contribution in [1.82, 2.24) is 19.7 Å². The molecule has 5 nitrogen and oxygen atoms in total. The van der Waals surface area contributed by atoms with Gasteiger partial charge in [-0.05, 0) is 44.7 Å². The fourth-order valence-corrected chi connectivity index (χ4v) is 3.81. The fraction of sp³-hybridized carbons (Fsp3) is 0.471. The SMILES string of the molecule is Cc1ccccc1-n1cnnc1SCC(=O)N1CCCC[C@H]1C. The number of nitrogens with zero attached hydrogens (tertiary/aromatic N) is 4. The van der Waals surface area contributed by atoms with E-state index in [4.69, 9.17) is 0 Å². The van der Waals surface area contributed by atoms with Gasteiger partial charge in [0.05, 0.1) is 11.4 Å². The van der Waals surface area contributed by atoms with Gasteiger partial charge in [-0.15, -0.1) is 10.2 Å². The molecule has 1 saturated heterocycles. The van der Waals surface area contributed by atoms with Crippen molar-refractivity contribution in [1.29, 1.82) is 0 Å². The van der Waals surface area contributed by atoms with Crippen molar-refractivity contribution < 1.29 is 4.79 Å². The van der Waals surface area contributed by atoms with E-state index in [2.05, 4.69) is 30.1 Å². The summed E-state index contributed by atoms with van der Waals surface area (Å²) >= 11 is 1.46. The summed E-state index contributed by atoms with van der Waals surface area (Å²) in [6, 6.07) is 8.46. The van der Waals surface area contributed by atoms with Gasteiger partial charge in [-0.25, -0.2) is 0 Å². The number of para-hydroxylation sites is 1. The Morgan fingerprint density at radius 2 is 2.17 bits per heavy atom. The maximum Gasteiger partial charge on any atom is 0.233 e. The molecule has 6 heteroatoms. The van der Waals surface area contributed by atoms with Crippen LogP contribution in [0.15, 0.2) is 35.7 Å². The van der Waals surface area contributed by atoms with Crippen LogP contribution in [0.5, 0.6) is 0 Å². The minimum absolute atomic E-state index is 0.196. The number of amides is 1. The van der Waals surface area contributed by atoms with E-state index in [0.29, 0.717) is 11.8 Å². The van der Waals surface area contributed by atoms with Crippen molar-refractivity contribution in [2.45, 2.75) is 44.3 Å². The first-order valence-electron chi connectivity index (χ1n) is 8.05. The number of rotatable bonds is 4. The highest BCUT2D eigenvalue weighted by atomic mass is 32.2. The molecule has 0 N–H and O–H groups in total. The Bertz CT molecular complexity index is 685. The lowest BCUT2D eigenvalue weighted by Crippen LogP contribution is -2.42. The second kappa shape index (κ2) is 7.17. The standard InChI is InChI=1S/C17H22N4OS/c1-13-7-3-4-9-15(13)21-12-18-19-17(21)23-11-16(22)20-10-6-5-8-14(20)2/h3-4,7,9,12,14H,5-6,8,10-11H2,1-2H3/t14-/m1/s1. The van der Waals surface area contributed by atoms with E-state index in [1.165, 1.54) is 18.2 Å². The van der Waals surface area contributed by atoms with Crippen LogP contribution in [0, 0.1) is 6.92 Å². The summed E-state index contributed by atoms with van der Waals surface area (Å²) in [5.41, 5.74) is 2.21. The Kier molecular flexibility index (Phi) is 5.00. The van der Waals surface area contributed by atoms with Crippen molar-refractivity contribution in [2.75, 3.05) is 12.3 Å². The van der Waals surface area contributed by atoms with Gasteiger partial charge in [0.1, 0.15) is 6.33 Å². The third-order valence-corrected chi connectivity index (χ3v) is 5.27. The number of hydrogen-bond acceptors (Lipinski definition) is 4. The van der Waals surface area contributed by atoms with Crippen LogP contribution >= 0.6 is 11.8 Å². The van der Waals surface area contributed by atoms with Crippen LogP contribution in [0.2, 0.25) is 0 Å². The number of hydrogen-bond donors (Lipinski definition) is 0. The number of thioether (sulfide) groups is 1. The molecule has 0 saturated carbocycles. The van der Waals surface area contributed by atoms with Crippen molar-refractivity contribution in [3.8, 4) is 5.69 Å². The monoisotopic (exact) mass is 330 g/mol. The van der Waals surface area contributed by atoms with Gasteiger partial charge in [-0.3, -0.25) is 9.36 Å². The van der Waals surface area contributed by atoms with Crippen LogP contribution in [0.4, 0.5) is 0 Å². The Balaban J connectivity index is 1.69. The summed E-state index contributed by atoms with van der Waals surface area (Å²) in [6.07, 6.45) is 5.15. The molecular weight excluding hydrogens is 308 g/mol. The third-order valence-electron chi connectivity index (χ3n) is 4.34. The number of benzene rings is 1. The first-order valence-corrected chi connectivity index (χ1v) is 9.03. The molecule has 23 heavy (non-hydrogen) atoms. The van der Waals surface area contributed by atoms with Crippen LogP contribution < -0.4 is 0 Å². The number of aromatic nitrogens is 3. The molecule has 2 heterocycles.